The number of hydrogen-bond acceptors (Lipinski definition) is 2. The van der Waals surface area contributed by atoms with Crippen LogP contribution in [0.15, 0.2) is 0 Å². The summed E-state index contributed by atoms with van der Waals surface area (Å²) >= 11 is 0. The van der Waals surface area contributed by atoms with E-state index in [1.165, 1.54) is 141 Å². The van der Waals surface area contributed by atoms with E-state index >= 15 is 0 Å². The molecule has 0 saturated heterocycles. The summed E-state index contributed by atoms with van der Waals surface area (Å²) in [5.41, 5.74) is 0. The molecular formula is C30H64N2. The van der Waals surface area contributed by atoms with Crippen molar-refractivity contribution in [3.8, 4) is 0 Å². The van der Waals surface area contributed by atoms with Crippen LogP contribution in [0, 0.1) is 0 Å². The maximum absolute atomic E-state index is 2.50. The van der Waals surface area contributed by atoms with Crippen molar-refractivity contribution in [3.63, 3.8) is 0 Å². The van der Waals surface area contributed by atoms with Crippen molar-refractivity contribution < 1.29 is 0 Å². The van der Waals surface area contributed by atoms with Gasteiger partial charge in [-0.25, -0.2) is 0 Å². The molecule has 0 heterocycles. The van der Waals surface area contributed by atoms with Gasteiger partial charge in [-0.15, -0.1) is 0 Å². The molecule has 32 heavy (non-hydrogen) atoms. The van der Waals surface area contributed by atoms with Crippen molar-refractivity contribution in [2.24, 2.45) is 0 Å². The van der Waals surface area contributed by atoms with Gasteiger partial charge in [-0.1, -0.05) is 142 Å². The summed E-state index contributed by atoms with van der Waals surface area (Å²) in [6.45, 7) is 4.61. The van der Waals surface area contributed by atoms with E-state index < -0.39 is 0 Å². The normalized spacial score (nSPS) is 13.9. The second-order valence-electron chi connectivity index (χ2n) is 11.0. The summed E-state index contributed by atoms with van der Waals surface area (Å²) in [5, 5.41) is 0. The first-order valence-corrected chi connectivity index (χ1v) is 14.9. The molecule has 0 radical (unpaired) electrons. The molecule has 0 amide bonds. The highest BCUT2D eigenvalue weighted by Crippen LogP contribution is 2.21. The Bertz CT molecular complexity index is 353. The van der Waals surface area contributed by atoms with Crippen LogP contribution in [-0.2, 0) is 0 Å². The fourth-order valence-corrected chi connectivity index (χ4v) is 5.27. The van der Waals surface area contributed by atoms with E-state index in [0.717, 1.165) is 0 Å². The van der Waals surface area contributed by atoms with Crippen molar-refractivity contribution in [2.45, 2.75) is 167 Å². The van der Waals surface area contributed by atoms with Gasteiger partial charge in [-0.3, -0.25) is 0 Å². The molecule has 2 atom stereocenters. The monoisotopic (exact) mass is 453 g/mol. The van der Waals surface area contributed by atoms with E-state index in [2.05, 4.69) is 51.8 Å². The zero-order valence-electron chi connectivity index (χ0n) is 23.6. The molecule has 0 rings (SSSR count). The minimum absolute atomic E-state index is 0.706. The fourth-order valence-electron chi connectivity index (χ4n) is 5.27. The second kappa shape index (κ2) is 24.1. The van der Waals surface area contributed by atoms with Crippen LogP contribution in [0.25, 0.3) is 0 Å². The van der Waals surface area contributed by atoms with E-state index in [9.17, 15) is 0 Å². The molecule has 0 aliphatic heterocycles. The fraction of sp³-hybridized carbons (Fsp3) is 1.00. The highest BCUT2D eigenvalue weighted by molar-refractivity contribution is 4.82. The third-order valence-electron chi connectivity index (χ3n) is 7.48. The Balaban J connectivity index is 3.83. The van der Waals surface area contributed by atoms with E-state index in [0.29, 0.717) is 12.1 Å². The van der Waals surface area contributed by atoms with E-state index in [1.54, 1.807) is 0 Å². The van der Waals surface area contributed by atoms with E-state index in [4.69, 9.17) is 0 Å². The van der Waals surface area contributed by atoms with Crippen LogP contribution in [0.1, 0.15) is 155 Å². The van der Waals surface area contributed by atoms with Crippen LogP contribution in [0.2, 0.25) is 0 Å². The molecule has 0 fully saturated rings. The summed E-state index contributed by atoms with van der Waals surface area (Å²) in [6, 6.07) is 1.41. The number of rotatable bonds is 25. The van der Waals surface area contributed by atoms with Gasteiger partial charge in [0.15, 0.2) is 0 Å². The molecule has 2 nitrogen and oxygen atoms in total. The van der Waals surface area contributed by atoms with Gasteiger partial charge < -0.3 is 9.80 Å². The zero-order valence-corrected chi connectivity index (χ0v) is 23.6. The molecular weight excluding hydrogens is 388 g/mol. The maximum atomic E-state index is 2.50. The summed E-state index contributed by atoms with van der Waals surface area (Å²) < 4.78 is 0. The second-order valence-corrected chi connectivity index (χ2v) is 11.0. The number of unbranched alkanes of at least 4 members (excludes halogenated alkanes) is 18. The summed E-state index contributed by atoms with van der Waals surface area (Å²) in [7, 11) is 9.19. The summed E-state index contributed by atoms with van der Waals surface area (Å²) in [5.74, 6) is 0. The first-order valence-electron chi connectivity index (χ1n) is 14.9. The standard InChI is InChI=1S/C30H64N2/c1-7-9-11-13-15-16-17-18-19-20-21-22-24-26-28-30(32(5)6)29(31(3)4)27-25-23-14-12-10-8-2/h29-30H,7-28H2,1-6H3. The Kier molecular flexibility index (Phi) is 24.0. The van der Waals surface area contributed by atoms with Gasteiger partial charge in [-0.05, 0) is 41.0 Å². The lowest BCUT2D eigenvalue weighted by Crippen LogP contribution is -2.46. The van der Waals surface area contributed by atoms with Gasteiger partial charge >= 0.3 is 0 Å². The van der Waals surface area contributed by atoms with Crippen LogP contribution in [0.5, 0.6) is 0 Å². The number of likely N-dealkylation sites (N-methyl/N-ethyl adjacent to an activating group) is 2. The van der Waals surface area contributed by atoms with Crippen molar-refractivity contribution >= 4 is 0 Å². The predicted octanol–water partition coefficient (Wildman–Crippen LogP) is 9.47. The van der Waals surface area contributed by atoms with Gasteiger partial charge in [0.1, 0.15) is 0 Å². The largest absolute Gasteiger partial charge is 0.305 e. The quantitative estimate of drug-likeness (QED) is 0.127. The maximum Gasteiger partial charge on any atom is 0.0245 e. The first-order chi connectivity index (χ1) is 15.5. The lowest BCUT2D eigenvalue weighted by molar-refractivity contribution is 0.130. The van der Waals surface area contributed by atoms with Crippen molar-refractivity contribution in [3.05, 3.63) is 0 Å². The average molecular weight is 453 g/mol. The molecule has 0 aromatic heterocycles. The van der Waals surface area contributed by atoms with Gasteiger partial charge in [0.25, 0.3) is 0 Å². The molecule has 0 spiro atoms. The van der Waals surface area contributed by atoms with E-state index in [1.807, 2.05) is 0 Å². The molecule has 0 saturated carbocycles. The highest BCUT2D eigenvalue weighted by atomic mass is 15.2. The topological polar surface area (TPSA) is 6.48 Å². The predicted molar refractivity (Wildman–Crippen MR) is 148 cm³/mol. The Labute approximate surface area is 205 Å². The molecule has 0 aliphatic rings. The van der Waals surface area contributed by atoms with Gasteiger partial charge in [0.05, 0.1) is 0 Å². The minimum atomic E-state index is 0.706. The van der Waals surface area contributed by atoms with Gasteiger partial charge in [0.2, 0.25) is 0 Å². The Morgan fingerprint density at radius 3 is 0.781 bits per heavy atom. The van der Waals surface area contributed by atoms with Gasteiger partial charge in [-0.2, -0.15) is 0 Å². The number of hydrogen-bond donors (Lipinski definition) is 0. The zero-order chi connectivity index (χ0) is 23.9. The van der Waals surface area contributed by atoms with Crippen LogP contribution < -0.4 is 0 Å². The summed E-state index contributed by atoms with van der Waals surface area (Å²) in [4.78, 5) is 5.00. The third kappa shape index (κ3) is 19.4. The molecule has 2 heteroatoms. The molecule has 194 valence electrons. The Morgan fingerprint density at radius 2 is 0.562 bits per heavy atom. The molecule has 0 aromatic rings. The lowest BCUT2D eigenvalue weighted by Gasteiger charge is -2.37. The lowest BCUT2D eigenvalue weighted by atomic mass is 9.93. The molecule has 0 aromatic carbocycles. The van der Waals surface area contributed by atoms with Crippen LogP contribution in [-0.4, -0.2) is 50.1 Å². The smallest absolute Gasteiger partial charge is 0.0245 e. The first kappa shape index (κ1) is 31.9. The van der Waals surface area contributed by atoms with Crippen LogP contribution in [0.4, 0.5) is 0 Å². The van der Waals surface area contributed by atoms with Crippen molar-refractivity contribution in [1.29, 1.82) is 0 Å². The SMILES string of the molecule is CCCCCCCCCCCCCCCCC(C(CCCCCCCC)N(C)C)N(C)C. The average Bonchev–Trinajstić information content (AvgIpc) is 2.76. The molecule has 0 N–H and O–H groups in total. The van der Waals surface area contributed by atoms with Crippen LogP contribution >= 0.6 is 0 Å². The summed E-state index contributed by atoms with van der Waals surface area (Å²) in [6.07, 6.45) is 31.5. The van der Waals surface area contributed by atoms with Crippen molar-refractivity contribution in [1.82, 2.24) is 9.80 Å². The third-order valence-corrected chi connectivity index (χ3v) is 7.48. The van der Waals surface area contributed by atoms with Gasteiger partial charge in [0, 0.05) is 12.1 Å². The Morgan fingerprint density at radius 1 is 0.344 bits per heavy atom. The van der Waals surface area contributed by atoms with Crippen LogP contribution in [0.3, 0.4) is 0 Å². The molecule has 0 aliphatic carbocycles. The minimum Gasteiger partial charge on any atom is -0.305 e. The van der Waals surface area contributed by atoms with E-state index in [-0.39, 0.29) is 0 Å². The Hall–Kier alpha value is -0.0800. The number of nitrogens with zero attached hydrogens (tertiary/aromatic N) is 2. The molecule has 2 unspecified atom stereocenters. The molecule has 0 bridgehead atoms. The van der Waals surface area contributed by atoms with Crippen molar-refractivity contribution in [2.75, 3.05) is 28.2 Å². The highest BCUT2D eigenvalue weighted by Gasteiger charge is 2.24.